The second-order valence-electron chi connectivity index (χ2n) is 6.74. The van der Waals surface area contributed by atoms with E-state index in [1.807, 2.05) is 43.3 Å². The molecule has 0 bridgehead atoms. The summed E-state index contributed by atoms with van der Waals surface area (Å²) in [6.45, 7) is 1.95. The summed E-state index contributed by atoms with van der Waals surface area (Å²) in [4.78, 5) is 17.4. The molecule has 30 heavy (non-hydrogen) atoms. The highest BCUT2D eigenvalue weighted by Gasteiger charge is 2.18. The van der Waals surface area contributed by atoms with Gasteiger partial charge in [-0.1, -0.05) is 29.8 Å². The third-order valence-electron chi connectivity index (χ3n) is 4.64. The number of aryl methyl sites for hydroxylation is 1. The number of oxazole rings is 1. The topological polar surface area (TPSA) is 64.4 Å². The molecule has 1 N–H and O–H groups in total. The number of nitrogens with one attached hydrogen (secondary N) is 1. The molecule has 0 saturated heterocycles. The molecule has 1 amide bonds. The summed E-state index contributed by atoms with van der Waals surface area (Å²) >= 11 is 5.95. The molecule has 0 aliphatic heterocycles. The zero-order valence-corrected chi connectivity index (χ0v) is 17.2. The van der Waals surface area contributed by atoms with Crippen LogP contribution in [0.2, 0.25) is 5.02 Å². The van der Waals surface area contributed by atoms with Gasteiger partial charge in [0.2, 0.25) is 5.89 Å². The van der Waals surface area contributed by atoms with Gasteiger partial charge in [-0.2, -0.15) is 0 Å². The summed E-state index contributed by atoms with van der Waals surface area (Å²) in [7, 11) is 1.57. The van der Waals surface area contributed by atoms with Crippen LogP contribution in [0.15, 0.2) is 77.3 Å². The van der Waals surface area contributed by atoms with Gasteiger partial charge >= 0.3 is 0 Å². The fraction of sp³-hybridized carbons (Fsp3) is 0.0833. The third kappa shape index (κ3) is 4.07. The third-order valence-corrected chi connectivity index (χ3v) is 4.89. The van der Waals surface area contributed by atoms with Gasteiger partial charge in [0.15, 0.2) is 5.76 Å². The second-order valence-corrected chi connectivity index (χ2v) is 7.18. The summed E-state index contributed by atoms with van der Waals surface area (Å²) in [5, 5.41) is 3.57. The molecule has 0 radical (unpaired) electrons. The van der Waals surface area contributed by atoms with Crippen molar-refractivity contribution in [3.8, 4) is 28.5 Å². The Labute approximate surface area is 179 Å². The van der Waals surface area contributed by atoms with Gasteiger partial charge in [-0.3, -0.25) is 4.79 Å². The minimum atomic E-state index is -0.277. The number of hydrogen-bond donors (Lipinski definition) is 1. The molecule has 0 saturated carbocycles. The number of halogens is 1. The van der Waals surface area contributed by atoms with Crippen molar-refractivity contribution < 1.29 is 13.9 Å². The maximum absolute atomic E-state index is 13.1. The van der Waals surface area contributed by atoms with E-state index in [1.54, 1.807) is 43.6 Å². The SMILES string of the molecule is COc1ccc(C)cc1NC(=O)c1ccccc1-c1ncc(-c2ccc(Cl)cc2)o1. The molecule has 0 aliphatic rings. The van der Waals surface area contributed by atoms with Crippen LogP contribution in [0.5, 0.6) is 5.75 Å². The summed E-state index contributed by atoms with van der Waals surface area (Å²) in [5.41, 5.74) is 3.52. The van der Waals surface area contributed by atoms with Gasteiger partial charge in [0.1, 0.15) is 5.75 Å². The first-order valence-electron chi connectivity index (χ1n) is 9.32. The highest BCUT2D eigenvalue weighted by molar-refractivity contribution is 6.30. The van der Waals surface area contributed by atoms with E-state index in [4.69, 9.17) is 20.8 Å². The van der Waals surface area contributed by atoms with E-state index in [0.29, 0.717) is 39.2 Å². The number of benzene rings is 3. The number of amides is 1. The standard InChI is InChI=1S/C24H19ClN2O3/c1-15-7-12-21(29-2)20(13-15)27-23(28)18-5-3-4-6-19(18)24-26-14-22(30-24)16-8-10-17(25)11-9-16/h3-14H,1-2H3,(H,27,28). The number of carbonyl (C=O) groups is 1. The molecule has 0 unspecified atom stereocenters. The molecule has 4 rings (SSSR count). The number of carbonyl (C=O) groups excluding carboxylic acids is 1. The fourth-order valence-corrected chi connectivity index (χ4v) is 3.25. The molecule has 1 heterocycles. The van der Waals surface area contributed by atoms with E-state index in [0.717, 1.165) is 11.1 Å². The molecule has 6 heteroatoms. The lowest BCUT2D eigenvalue weighted by Gasteiger charge is -2.12. The molecule has 150 valence electrons. The summed E-state index contributed by atoms with van der Waals surface area (Å²) in [5.74, 6) is 1.27. The number of anilines is 1. The molecule has 0 spiro atoms. The molecule has 0 aliphatic carbocycles. The lowest BCUT2D eigenvalue weighted by Crippen LogP contribution is -2.14. The maximum Gasteiger partial charge on any atom is 0.256 e. The fourth-order valence-electron chi connectivity index (χ4n) is 3.12. The Balaban J connectivity index is 1.66. The van der Waals surface area contributed by atoms with Crippen molar-refractivity contribution in [2.75, 3.05) is 12.4 Å². The first-order chi connectivity index (χ1) is 14.5. The van der Waals surface area contributed by atoms with Crippen molar-refractivity contribution in [1.29, 1.82) is 0 Å². The Hall–Kier alpha value is -3.57. The van der Waals surface area contributed by atoms with Crippen LogP contribution in [-0.2, 0) is 0 Å². The van der Waals surface area contributed by atoms with Crippen molar-refractivity contribution in [3.05, 3.63) is 89.1 Å². The van der Waals surface area contributed by atoms with E-state index in [9.17, 15) is 4.79 Å². The molecule has 0 fully saturated rings. The molecule has 1 aromatic heterocycles. The Morgan fingerprint density at radius 2 is 1.83 bits per heavy atom. The van der Waals surface area contributed by atoms with E-state index in [1.165, 1.54) is 0 Å². The summed E-state index contributed by atoms with van der Waals surface area (Å²) < 4.78 is 11.3. The van der Waals surface area contributed by atoms with E-state index < -0.39 is 0 Å². The monoisotopic (exact) mass is 418 g/mol. The molecule has 3 aromatic carbocycles. The summed E-state index contributed by atoms with van der Waals surface area (Å²) in [6.07, 6.45) is 1.64. The number of ether oxygens (including phenoxy) is 1. The number of rotatable bonds is 5. The minimum absolute atomic E-state index is 0.277. The van der Waals surface area contributed by atoms with Gasteiger partial charge in [-0.25, -0.2) is 4.98 Å². The quantitative estimate of drug-likeness (QED) is 0.417. The first kappa shape index (κ1) is 19.7. The maximum atomic E-state index is 13.1. The zero-order valence-electron chi connectivity index (χ0n) is 16.5. The molecule has 4 aromatic rings. The van der Waals surface area contributed by atoms with Crippen LogP contribution in [0.25, 0.3) is 22.8 Å². The second kappa shape index (κ2) is 8.43. The van der Waals surface area contributed by atoms with Crippen LogP contribution in [0.4, 0.5) is 5.69 Å². The highest BCUT2D eigenvalue weighted by atomic mass is 35.5. The van der Waals surface area contributed by atoms with Crippen LogP contribution in [0.1, 0.15) is 15.9 Å². The lowest BCUT2D eigenvalue weighted by molar-refractivity contribution is 0.102. The molecule has 5 nitrogen and oxygen atoms in total. The van der Waals surface area contributed by atoms with E-state index in [2.05, 4.69) is 10.3 Å². The Bertz CT molecular complexity index is 1200. The van der Waals surface area contributed by atoms with Crippen molar-refractivity contribution in [2.24, 2.45) is 0 Å². The number of nitrogens with zero attached hydrogens (tertiary/aromatic N) is 1. The van der Waals surface area contributed by atoms with Gasteiger partial charge in [-0.05, 0) is 61.0 Å². The number of methoxy groups -OCH3 is 1. The predicted molar refractivity (Wildman–Crippen MR) is 118 cm³/mol. The average Bonchev–Trinajstić information content (AvgIpc) is 3.24. The summed E-state index contributed by atoms with van der Waals surface area (Å²) in [6, 6.07) is 20.1. The van der Waals surface area contributed by atoms with Crippen molar-refractivity contribution in [1.82, 2.24) is 4.98 Å². The van der Waals surface area contributed by atoms with Crippen LogP contribution in [0, 0.1) is 6.92 Å². The predicted octanol–water partition coefficient (Wildman–Crippen LogP) is 6.23. The highest BCUT2D eigenvalue weighted by Crippen LogP contribution is 2.30. The Kier molecular flexibility index (Phi) is 5.55. The van der Waals surface area contributed by atoms with E-state index >= 15 is 0 Å². The van der Waals surface area contributed by atoms with Gasteiger partial charge < -0.3 is 14.5 Å². The minimum Gasteiger partial charge on any atom is -0.495 e. The Morgan fingerprint density at radius 1 is 1.07 bits per heavy atom. The van der Waals surface area contributed by atoms with Crippen molar-refractivity contribution >= 4 is 23.2 Å². The van der Waals surface area contributed by atoms with Gasteiger partial charge in [-0.15, -0.1) is 0 Å². The first-order valence-corrected chi connectivity index (χ1v) is 9.70. The normalized spacial score (nSPS) is 10.6. The van der Waals surface area contributed by atoms with Gasteiger partial charge in [0.05, 0.1) is 24.6 Å². The van der Waals surface area contributed by atoms with Gasteiger partial charge in [0, 0.05) is 16.1 Å². The largest absolute Gasteiger partial charge is 0.495 e. The van der Waals surface area contributed by atoms with Crippen molar-refractivity contribution in [3.63, 3.8) is 0 Å². The van der Waals surface area contributed by atoms with Crippen LogP contribution in [0.3, 0.4) is 0 Å². The zero-order chi connectivity index (χ0) is 21.1. The lowest BCUT2D eigenvalue weighted by atomic mass is 10.1. The molecule has 0 atom stereocenters. The molecular weight excluding hydrogens is 400 g/mol. The van der Waals surface area contributed by atoms with Crippen LogP contribution < -0.4 is 10.1 Å². The van der Waals surface area contributed by atoms with Crippen molar-refractivity contribution in [2.45, 2.75) is 6.92 Å². The van der Waals surface area contributed by atoms with Gasteiger partial charge in [0.25, 0.3) is 5.91 Å². The average molecular weight is 419 g/mol. The number of hydrogen-bond acceptors (Lipinski definition) is 4. The number of aromatic nitrogens is 1. The van der Waals surface area contributed by atoms with Crippen LogP contribution >= 0.6 is 11.6 Å². The molecular formula is C24H19ClN2O3. The van der Waals surface area contributed by atoms with E-state index in [-0.39, 0.29) is 5.91 Å². The van der Waals surface area contributed by atoms with Crippen LogP contribution in [-0.4, -0.2) is 18.0 Å². The Morgan fingerprint density at radius 3 is 2.60 bits per heavy atom. The smallest absolute Gasteiger partial charge is 0.256 e.